The molecule has 39 heavy (non-hydrogen) atoms. The highest BCUT2D eigenvalue weighted by Crippen LogP contribution is 2.41. The number of rotatable bonds is 7. The van der Waals surface area contributed by atoms with Crippen molar-refractivity contribution in [3.63, 3.8) is 0 Å². The number of carbonyl (C=O) groups excluding carboxylic acids is 1. The van der Waals surface area contributed by atoms with Crippen molar-refractivity contribution in [2.24, 2.45) is 0 Å². The van der Waals surface area contributed by atoms with E-state index >= 15 is 0 Å². The first-order valence-corrected chi connectivity index (χ1v) is 12.3. The number of nitrogens with one attached hydrogen (secondary N) is 1. The van der Waals surface area contributed by atoms with Gasteiger partial charge in [0.05, 0.1) is 22.7 Å². The highest BCUT2D eigenvalue weighted by atomic mass is 19.4. The summed E-state index contributed by atoms with van der Waals surface area (Å²) in [6.45, 7) is 0.733. The third-order valence-corrected chi connectivity index (χ3v) is 6.67. The SMILES string of the molecule is CC(F)(F)c1cccc(C(CC2=CCCC=C2)(NC(=O)c2cccc(C#N)c2)c2cccc(C(F)(F)F)c2)c1. The summed E-state index contributed by atoms with van der Waals surface area (Å²) in [6, 6.07) is 17.8. The van der Waals surface area contributed by atoms with Gasteiger partial charge in [-0.3, -0.25) is 4.79 Å². The number of amides is 1. The smallest absolute Gasteiger partial charge is 0.338 e. The van der Waals surface area contributed by atoms with E-state index in [1.165, 1.54) is 60.7 Å². The van der Waals surface area contributed by atoms with E-state index in [4.69, 9.17) is 0 Å². The van der Waals surface area contributed by atoms with E-state index in [2.05, 4.69) is 5.32 Å². The molecule has 4 rings (SSSR count). The molecule has 3 aromatic carbocycles. The van der Waals surface area contributed by atoms with Gasteiger partial charge in [0.1, 0.15) is 0 Å². The van der Waals surface area contributed by atoms with Crippen molar-refractivity contribution < 1.29 is 26.7 Å². The van der Waals surface area contributed by atoms with Crippen molar-refractivity contribution in [1.29, 1.82) is 5.26 Å². The van der Waals surface area contributed by atoms with Crippen LogP contribution in [0.1, 0.15) is 64.4 Å². The molecule has 1 amide bonds. The topological polar surface area (TPSA) is 52.9 Å². The van der Waals surface area contributed by atoms with Crippen LogP contribution in [0.3, 0.4) is 0 Å². The van der Waals surface area contributed by atoms with Crippen LogP contribution in [-0.2, 0) is 17.6 Å². The molecule has 1 aliphatic carbocycles. The van der Waals surface area contributed by atoms with Gasteiger partial charge >= 0.3 is 6.18 Å². The predicted octanol–water partition coefficient (Wildman–Crippen LogP) is 8.03. The normalized spacial score (nSPS) is 15.2. The molecule has 0 aromatic heterocycles. The minimum atomic E-state index is -4.67. The molecule has 0 aliphatic heterocycles. The molecule has 200 valence electrons. The van der Waals surface area contributed by atoms with Gasteiger partial charge in [-0.15, -0.1) is 0 Å². The van der Waals surface area contributed by atoms with Gasteiger partial charge < -0.3 is 5.32 Å². The number of benzene rings is 3. The summed E-state index contributed by atoms with van der Waals surface area (Å²) in [7, 11) is 0. The van der Waals surface area contributed by atoms with Crippen LogP contribution in [0.5, 0.6) is 0 Å². The van der Waals surface area contributed by atoms with Crippen molar-refractivity contribution in [3.05, 3.63) is 130 Å². The molecule has 0 radical (unpaired) electrons. The first kappa shape index (κ1) is 27.8. The van der Waals surface area contributed by atoms with Crippen LogP contribution >= 0.6 is 0 Å². The Morgan fingerprint density at radius 1 is 0.872 bits per heavy atom. The van der Waals surface area contributed by atoms with E-state index in [1.54, 1.807) is 0 Å². The van der Waals surface area contributed by atoms with Gasteiger partial charge in [-0.2, -0.15) is 18.4 Å². The van der Waals surface area contributed by atoms with Crippen molar-refractivity contribution in [2.75, 3.05) is 0 Å². The molecule has 0 saturated heterocycles. The van der Waals surface area contributed by atoms with Crippen molar-refractivity contribution in [2.45, 2.75) is 43.8 Å². The summed E-state index contributed by atoms with van der Waals surface area (Å²) in [5.41, 5.74) is -1.59. The first-order valence-electron chi connectivity index (χ1n) is 12.3. The predicted molar refractivity (Wildman–Crippen MR) is 138 cm³/mol. The van der Waals surface area contributed by atoms with E-state index in [0.717, 1.165) is 31.1 Å². The zero-order valence-electron chi connectivity index (χ0n) is 21.0. The second-order valence-electron chi connectivity index (χ2n) is 9.54. The number of carbonyl (C=O) groups is 1. The Labute approximate surface area is 223 Å². The number of hydrogen-bond acceptors (Lipinski definition) is 2. The summed E-state index contributed by atoms with van der Waals surface area (Å²) in [5, 5.41) is 12.2. The zero-order valence-corrected chi connectivity index (χ0v) is 21.0. The highest BCUT2D eigenvalue weighted by Gasteiger charge is 2.40. The average Bonchev–Trinajstić information content (AvgIpc) is 2.92. The maximum atomic E-state index is 14.4. The Morgan fingerprint density at radius 3 is 2.08 bits per heavy atom. The Bertz CT molecular complexity index is 1420. The lowest BCUT2D eigenvalue weighted by Gasteiger charge is -2.38. The zero-order chi connectivity index (χ0) is 28.3. The van der Waals surface area contributed by atoms with Crippen molar-refractivity contribution >= 4 is 5.91 Å². The fourth-order valence-corrected chi connectivity index (χ4v) is 4.68. The van der Waals surface area contributed by atoms with E-state index < -0.39 is 29.1 Å². The van der Waals surface area contributed by atoms with Crippen LogP contribution in [0, 0.1) is 11.3 Å². The van der Waals surface area contributed by atoms with E-state index in [0.29, 0.717) is 6.42 Å². The number of allylic oxidation sites excluding steroid dienone is 3. The summed E-state index contributed by atoms with van der Waals surface area (Å²) in [4.78, 5) is 13.7. The molecule has 3 aromatic rings. The molecule has 3 nitrogen and oxygen atoms in total. The summed E-state index contributed by atoms with van der Waals surface area (Å²) in [6.07, 6.45) is 2.47. The minimum Gasteiger partial charge on any atom is -0.338 e. The van der Waals surface area contributed by atoms with Gasteiger partial charge in [-0.05, 0) is 65.9 Å². The number of nitrogens with zero attached hydrogens (tertiary/aromatic N) is 1. The van der Waals surface area contributed by atoms with E-state index in [9.17, 15) is 32.0 Å². The fraction of sp³-hybridized carbons (Fsp3) is 0.226. The Kier molecular flexibility index (Phi) is 7.73. The maximum absolute atomic E-state index is 14.4. The van der Waals surface area contributed by atoms with Crippen LogP contribution in [0.15, 0.2) is 96.6 Å². The molecule has 1 unspecified atom stereocenters. The quantitative estimate of drug-likeness (QED) is 0.311. The highest BCUT2D eigenvalue weighted by molar-refractivity contribution is 5.95. The van der Waals surface area contributed by atoms with Crippen LogP contribution in [0.2, 0.25) is 0 Å². The number of hydrogen-bond donors (Lipinski definition) is 1. The molecule has 0 spiro atoms. The minimum absolute atomic E-state index is 0.00717. The summed E-state index contributed by atoms with van der Waals surface area (Å²) in [5.74, 6) is -3.90. The van der Waals surface area contributed by atoms with Crippen molar-refractivity contribution in [3.8, 4) is 6.07 Å². The molecule has 8 heteroatoms. The monoisotopic (exact) mass is 536 g/mol. The largest absolute Gasteiger partial charge is 0.416 e. The first-order chi connectivity index (χ1) is 18.4. The summed E-state index contributed by atoms with van der Waals surface area (Å²) < 4.78 is 70.3. The molecular formula is C31H25F5N2O. The van der Waals surface area contributed by atoms with Gasteiger partial charge in [0.25, 0.3) is 11.8 Å². The van der Waals surface area contributed by atoms with Gasteiger partial charge in [0, 0.05) is 24.5 Å². The Hall–Kier alpha value is -4.25. The van der Waals surface area contributed by atoms with Crippen LogP contribution in [0.25, 0.3) is 0 Å². The molecule has 0 fully saturated rings. The van der Waals surface area contributed by atoms with Crippen LogP contribution in [0.4, 0.5) is 22.0 Å². The van der Waals surface area contributed by atoms with Crippen LogP contribution < -0.4 is 5.32 Å². The Balaban J connectivity index is 1.99. The van der Waals surface area contributed by atoms with Crippen molar-refractivity contribution in [1.82, 2.24) is 5.32 Å². The number of halogens is 5. The lowest BCUT2D eigenvalue weighted by atomic mass is 9.75. The fourth-order valence-electron chi connectivity index (χ4n) is 4.68. The number of alkyl halides is 5. The van der Waals surface area contributed by atoms with Gasteiger partial charge in [-0.25, -0.2) is 8.78 Å². The van der Waals surface area contributed by atoms with Gasteiger partial charge in [0.15, 0.2) is 0 Å². The third kappa shape index (κ3) is 6.26. The van der Waals surface area contributed by atoms with E-state index in [1.807, 2.05) is 24.3 Å². The molecule has 1 N–H and O–H groups in total. The molecule has 0 saturated carbocycles. The second kappa shape index (κ2) is 10.9. The van der Waals surface area contributed by atoms with Crippen LogP contribution in [-0.4, -0.2) is 5.91 Å². The molecular weight excluding hydrogens is 511 g/mol. The Morgan fingerprint density at radius 2 is 1.49 bits per heavy atom. The molecule has 1 aliphatic rings. The van der Waals surface area contributed by atoms with Gasteiger partial charge in [0.2, 0.25) is 0 Å². The molecule has 0 bridgehead atoms. The maximum Gasteiger partial charge on any atom is 0.416 e. The average molecular weight is 537 g/mol. The lowest BCUT2D eigenvalue weighted by molar-refractivity contribution is -0.137. The standard InChI is InChI=1S/C31H25F5N2O/c1-29(32,33)24-12-6-13-25(17-24)30(19-21-8-3-2-4-9-21,26-14-7-15-27(18-26)31(34,35)36)38-28(39)23-11-5-10-22(16-23)20-37/h3,5-18H,2,4,19H2,1H3,(H,38,39). The van der Waals surface area contributed by atoms with E-state index in [-0.39, 0.29) is 34.2 Å². The molecule has 1 atom stereocenters. The third-order valence-electron chi connectivity index (χ3n) is 6.67. The summed E-state index contributed by atoms with van der Waals surface area (Å²) >= 11 is 0. The lowest BCUT2D eigenvalue weighted by Crippen LogP contribution is -2.47. The number of nitriles is 1. The van der Waals surface area contributed by atoms with Gasteiger partial charge in [-0.1, -0.05) is 54.6 Å². The second-order valence-corrected chi connectivity index (χ2v) is 9.54. The molecule has 0 heterocycles.